The molecule has 1 saturated heterocycles. The first-order valence-electron chi connectivity index (χ1n) is 9.79. The molecule has 0 unspecified atom stereocenters. The van der Waals surface area contributed by atoms with Crippen LogP contribution in [0, 0.1) is 17.7 Å². The standard InChI is InChI=1S/C21H30F2O2/c1-2-3-4-16-13-24-21(25-14-16)18-9-10-19(20(23)11-18)17-7-5-15(12-22)6-8-17/h9-11,15-17,21H,2-8,12-14H2,1H3. The van der Waals surface area contributed by atoms with Gasteiger partial charge in [-0.1, -0.05) is 31.9 Å². The van der Waals surface area contributed by atoms with Crippen LogP contribution in [0.3, 0.4) is 0 Å². The van der Waals surface area contributed by atoms with Gasteiger partial charge in [0.15, 0.2) is 6.29 Å². The molecule has 0 radical (unpaired) electrons. The molecule has 3 rings (SSSR count). The van der Waals surface area contributed by atoms with E-state index in [-0.39, 0.29) is 24.3 Å². The molecule has 1 aromatic carbocycles. The maximum Gasteiger partial charge on any atom is 0.183 e. The molecule has 1 saturated carbocycles. The lowest BCUT2D eigenvalue weighted by atomic mass is 9.79. The Morgan fingerprint density at radius 1 is 1.04 bits per heavy atom. The molecule has 0 amide bonds. The van der Waals surface area contributed by atoms with Gasteiger partial charge in [-0.15, -0.1) is 0 Å². The van der Waals surface area contributed by atoms with E-state index in [9.17, 15) is 8.78 Å². The van der Waals surface area contributed by atoms with Crippen molar-refractivity contribution in [1.82, 2.24) is 0 Å². The Hall–Kier alpha value is -1.00. The molecule has 25 heavy (non-hydrogen) atoms. The topological polar surface area (TPSA) is 18.5 Å². The molecular weight excluding hydrogens is 322 g/mol. The van der Waals surface area contributed by atoms with Gasteiger partial charge in [-0.05, 0) is 55.6 Å². The third-order valence-electron chi connectivity index (χ3n) is 5.73. The summed E-state index contributed by atoms with van der Waals surface area (Å²) in [5, 5.41) is 0. The SMILES string of the molecule is CCCCC1COC(c2ccc(C3CCC(CF)CC3)c(F)c2)OC1. The number of ether oxygens (including phenoxy) is 2. The number of benzene rings is 1. The summed E-state index contributed by atoms with van der Waals surface area (Å²) in [6.07, 6.45) is 6.50. The summed E-state index contributed by atoms with van der Waals surface area (Å²) in [5.41, 5.74) is 1.52. The highest BCUT2D eigenvalue weighted by Crippen LogP contribution is 2.38. The molecule has 0 spiro atoms. The number of hydrogen-bond donors (Lipinski definition) is 0. The van der Waals surface area contributed by atoms with Crippen LogP contribution < -0.4 is 0 Å². The van der Waals surface area contributed by atoms with Crippen LogP contribution in [0.15, 0.2) is 18.2 Å². The average molecular weight is 352 g/mol. The maximum absolute atomic E-state index is 14.6. The summed E-state index contributed by atoms with van der Waals surface area (Å²) < 4.78 is 39.0. The fraction of sp³-hybridized carbons (Fsp3) is 0.714. The van der Waals surface area contributed by atoms with Crippen molar-refractivity contribution in [2.24, 2.45) is 11.8 Å². The fourth-order valence-corrected chi connectivity index (χ4v) is 4.04. The zero-order chi connectivity index (χ0) is 17.6. The van der Waals surface area contributed by atoms with E-state index in [0.717, 1.165) is 43.2 Å². The van der Waals surface area contributed by atoms with Gasteiger partial charge in [0.2, 0.25) is 0 Å². The number of unbranched alkanes of at least 4 members (excludes halogenated alkanes) is 1. The van der Waals surface area contributed by atoms with E-state index in [0.29, 0.717) is 19.1 Å². The van der Waals surface area contributed by atoms with E-state index < -0.39 is 6.29 Å². The third kappa shape index (κ3) is 4.79. The Morgan fingerprint density at radius 3 is 2.36 bits per heavy atom. The average Bonchev–Trinajstić information content (AvgIpc) is 2.67. The minimum absolute atomic E-state index is 0.170. The lowest BCUT2D eigenvalue weighted by molar-refractivity contribution is -0.206. The molecule has 1 aliphatic carbocycles. The first-order valence-corrected chi connectivity index (χ1v) is 9.79. The zero-order valence-electron chi connectivity index (χ0n) is 15.2. The van der Waals surface area contributed by atoms with E-state index in [1.165, 1.54) is 12.8 Å². The largest absolute Gasteiger partial charge is 0.348 e. The van der Waals surface area contributed by atoms with Gasteiger partial charge in [-0.25, -0.2) is 4.39 Å². The Balaban J connectivity index is 1.57. The third-order valence-corrected chi connectivity index (χ3v) is 5.73. The van der Waals surface area contributed by atoms with Gasteiger partial charge >= 0.3 is 0 Å². The predicted octanol–water partition coefficient (Wildman–Crippen LogP) is 5.92. The minimum atomic E-state index is -0.455. The highest BCUT2D eigenvalue weighted by Gasteiger charge is 2.27. The van der Waals surface area contributed by atoms with Gasteiger partial charge in [0.05, 0.1) is 19.9 Å². The van der Waals surface area contributed by atoms with Gasteiger partial charge in [-0.2, -0.15) is 0 Å². The summed E-state index contributed by atoms with van der Waals surface area (Å²) in [6.45, 7) is 3.30. The summed E-state index contributed by atoms with van der Waals surface area (Å²) in [5.74, 6) is 0.652. The van der Waals surface area contributed by atoms with Crippen LogP contribution in [0.25, 0.3) is 0 Å². The molecule has 1 aromatic rings. The molecule has 0 aromatic heterocycles. The summed E-state index contributed by atoms with van der Waals surface area (Å²) in [7, 11) is 0. The number of rotatable bonds is 6. The van der Waals surface area contributed by atoms with Crippen LogP contribution in [0.1, 0.15) is 75.2 Å². The molecule has 0 N–H and O–H groups in total. The Bertz CT molecular complexity index is 533. The molecule has 140 valence electrons. The summed E-state index contributed by atoms with van der Waals surface area (Å²) in [4.78, 5) is 0. The molecule has 1 aliphatic heterocycles. The van der Waals surface area contributed by atoms with Crippen molar-refractivity contribution in [2.45, 2.75) is 64.1 Å². The second-order valence-electron chi connectivity index (χ2n) is 7.66. The molecule has 1 heterocycles. The maximum atomic E-state index is 14.6. The van der Waals surface area contributed by atoms with Crippen LogP contribution in [0.2, 0.25) is 0 Å². The second kappa shape index (κ2) is 9.09. The van der Waals surface area contributed by atoms with Gasteiger partial charge < -0.3 is 9.47 Å². The van der Waals surface area contributed by atoms with Crippen molar-refractivity contribution in [1.29, 1.82) is 0 Å². The van der Waals surface area contributed by atoms with Crippen molar-refractivity contribution in [3.05, 3.63) is 35.1 Å². The second-order valence-corrected chi connectivity index (χ2v) is 7.66. The summed E-state index contributed by atoms with van der Waals surface area (Å²) >= 11 is 0. The molecule has 2 fully saturated rings. The highest BCUT2D eigenvalue weighted by atomic mass is 19.1. The fourth-order valence-electron chi connectivity index (χ4n) is 4.04. The molecule has 2 nitrogen and oxygen atoms in total. The number of alkyl halides is 1. The van der Waals surface area contributed by atoms with Gasteiger partial charge in [-0.3, -0.25) is 4.39 Å². The highest BCUT2D eigenvalue weighted by molar-refractivity contribution is 5.28. The van der Waals surface area contributed by atoms with Gasteiger partial charge in [0.25, 0.3) is 0 Å². The van der Waals surface area contributed by atoms with E-state index in [2.05, 4.69) is 6.92 Å². The summed E-state index contributed by atoms with van der Waals surface area (Å²) in [6, 6.07) is 5.37. The van der Waals surface area contributed by atoms with Crippen LogP contribution in [0.5, 0.6) is 0 Å². The smallest absolute Gasteiger partial charge is 0.183 e. The van der Waals surface area contributed by atoms with Crippen LogP contribution in [-0.4, -0.2) is 19.9 Å². The Kier molecular flexibility index (Phi) is 6.83. The quantitative estimate of drug-likeness (QED) is 0.632. The van der Waals surface area contributed by atoms with Gasteiger partial charge in [0.1, 0.15) is 5.82 Å². The van der Waals surface area contributed by atoms with Crippen molar-refractivity contribution in [2.75, 3.05) is 19.9 Å². The normalized spacial score (nSPS) is 30.4. The van der Waals surface area contributed by atoms with Crippen molar-refractivity contribution < 1.29 is 18.3 Å². The number of halogens is 2. The first-order chi connectivity index (χ1) is 12.2. The molecule has 4 heteroatoms. The predicted molar refractivity (Wildman–Crippen MR) is 94.7 cm³/mol. The molecule has 0 atom stereocenters. The van der Waals surface area contributed by atoms with E-state index in [1.807, 2.05) is 12.1 Å². The van der Waals surface area contributed by atoms with Crippen molar-refractivity contribution in [3.63, 3.8) is 0 Å². The van der Waals surface area contributed by atoms with Crippen molar-refractivity contribution in [3.8, 4) is 0 Å². The van der Waals surface area contributed by atoms with Crippen LogP contribution in [-0.2, 0) is 9.47 Å². The first kappa shape index (κ1) is 18.8. The molecular formula is C21H30F2O2. The van der Waals surface area contributed by atoms with E-state index in [1.54, 1.807) is 6.07 Å². The zero-order valence-corrected chi connectivity index (χ0v) is 15.2. The minimum Gasteiger partial charge on any atom is -0.348 e. The van der Waals surface area contributed by atoms with Crippen LogP contribution in [0.4, 0.5) is 8.78 Å². The number of hydrogen-bond acceptors (Lipinski definition) is 2. The van der Waals surface area contributed by atoms with Gasteiger partial charge in [0, 0.05) is 11.5 Å². The van der Waals surface area contributed by atoms with E-state index >= 15 is 0 Å². The monoisotopic (exact) mass is 352 g/mol. The lowest BCUT2D eigenvalue weighted by Crippen LogP contribution is -2.27. The van der Waals surface area contributed by atoms with Crippen LogP contribution >= 0.6 is 0 Å². The molecule has 2 aliphatic rings. The van der Waals surface area contributed by atoms with E-state index in [4.69, 9.17) is 9.47 Å². The Morgan fingerprint density at radius 2 is 1.76 bits per heavy atom. The molecule has 0 bridgehead atoms. The Labute approximate surface area is 149 Å². The van der Waals surface area contributed by atoms with Crippen molar-refractivity contribution >= 4 is 0 Å². The lowest BCUT2D eigenvalue weighted by Gasteiger charge is -2.30.